The smallest absolute Gasteiger partial charge is 0.172 e. The van der Waals surface area contributed by atoms with Crippen LogP contribution in [-0.2, 0) is 0 Å². The van der Waals surface area contributed by atoms with E-state index in [0.717, 1.165) is 11.4 Å². The molecule has 0 saturated carbocycles. The van der Waals surface area contributed by atoms with E-state index in [1.54, 1.807) is 12.1 Å². The highest BCUT2D eigenvalue weighted by atomic mass is 35.5. The van der Waals surface area contributed by atoms with Crippen LogP contribution in [0, 0.1) is 13.8 Å². The molecule has 5 heteroatoms. The molecule has 0 saturated heterocycles. The van der Waals surface area contributed by atoms with Gasteiger partial charge < -0.3 is 15.8 Å². The third-order valence-electron chi connectivity index (χ3n) is 3.30. The largest absolute Gasteiger partial charge is 0.409 e. The van der Waals surface area contributed by atoms with Gasteiger partial charge in [-0.3, -0.25) is 0 Å². The van der Waals surface area contributed by atoms with Crippen molar-refractivity contribution in [1.29, 1.82) is 0 Å². The predicted octanol–water partition coefficient (Wildman–Crippen LogP) is 3.82. The summed E-state index contributed by atoms with van der Waals surface area (Å²) in [5.41, 5.74) is 10.5. The number of aryl methyl sites for hydroxylation is 2. The lowest BCUT2D eigenvalue weighted by atomic mass is 10.1. The maximum absolute atomic E-state index is 8.95. The molecule has 3 N–H and O–H groups in total. The third kappa shape index (κ3) is 3.28. The molecular weight excluding hydrogens is 286 g/mol. The number of nitrogens with zero attached hydrogens (tertiary/aromatic N) is 2. The second-order valence-electron chi connectivity index (χ2n) is 5.05. The summed E-state index contributed by atoms with van der Waals surface area (Å²) >= 11 is 6.01. The van der Waals surface area contributed by atoms with Gasteiger partial charge in [0.2, 0.25) is 0 Å². The summed E-state index contributed by atoms with van der Waals surface area (Å²) in [5.74, 6) is 0.0312. The molecule has 0 heterocycles. The maximum atomic E-state index is 8.95. The van der Waals surface area contributed by atoms with Gasteiger partial charge >= 0.3 is 0 Å². The molecule has 0 amide bonds. The Morgan fingerprint density at radius 2 is 1.76 bits per heavy atom. The van der Waals surface area contributed by atoms with E-state index < -0.39 is 0 Å². The van der Waals surface area contributed by atoms with Crippen molar-refractivity contribution < 1.29 is 5.21 Å². The van der Waals surface area contributed by atoms with E-state index >= 15 is 0 Å². The quantitative estimate of drug-likeness (QED) is 0.392. The Balaban J connectivity index is 2.55. The molecule has 4 nitrogen and oxygen atoms in total. The molecule has 0 spiro atoms. The van der Waals surface area contributed by atoms with E-state index in [1.807, 2.05) is 18.0 Å². The summed E-state index contributed by atoms with van der Waals surface area (Å²) in [6.07, 6.45) is 0. The fourth-order valence-electron chi connectivity index (χ4n) is 2.34. The van der Waals surface area contributed by atoms with Gasteiger partial charge in [0.1, 0.15) is 0 Å². The van der Waals surface area contributed by atoms with Gasteiger partial charge in [-0.05, 0) is 55.3 Å². The van der Waals surface area contributed by atoms with E-state index in [-0.39, 0.29) is 5.84 Å². The van der Waals surface area contributed by atoms with E-state index in [9.17, 15) is 0 Å². The lowest BCUT2D eigenvalue weighted by Gasteiger charge is -2.23. The van der Waals surface area contributed by atoms with Crippen molar-refractivity contribution >= 4 is 28.8 Å². The average Bonchev–Trinajstić information content (AvgIpc) is 2.44. The molecule has 0 atom stereocenters. The van der Waals surface area contributed by atoms with Gasteiger partial charge in [-0.1, -0.05) is 22.8 Å². The van der Waals surface area contributed by atoms with Crippen molar-refractivity contribution in [3.8, 4) is 0 Å². The number of benzene rings is 2. The zero-order valence-corrected chi connectivity index (χ0v) is 13.0. The third-order valence-corrected chi connectivity index (χ3v) is 3.53. The molecule has 0 fully saturated rings. The lowest BCUT2D eigenvalue weighted by molar-refractivity contribution is 0.318. The van der Waals surface area contributed by atoms with Crippen LogP contribution >= 0.6 is 11.6 Å². The van der Waals surface area contributed by atoms with Crippen molar-refractivity contribution in [3.63, 3.8) is 0 Å². The van der Waals surface area contributed by atoms with Crippen molar-refractivity contribution in [2.45, 2.75) is 13.8 Å². The fourth-order valence-corrected chi connectivity index (χ4v) is 2.52. The number of anilines is 2. The lowest BCUT2D eigenvalue weighted by Crippen LogP contribution is -2.19. The first-order chi connectivity index (χ1) is 9.92. The predicted molar refractivity (Wildman–Crippen MR) is 87.9 cm³/mol. The molecule has 0 radical (unpaired) electrons. The summed E-state index contributed by atoms with van der Waals surface area (Å²) in [7, 11) is 1.94. The number of amidine groups is 1. The summed E-state index contributed by atoms with van der Waals surface area (Å²) < 4.78 is 0. The van der Waals surface area contributed by atoms with Gasteiger partial charge in [0.05, 0.1) is 5.69 Å². The van der Waals surface area contributed by atoms with Crippen LogP contribution < -0.4 is 10.6 Å². The fraction of sp³-hybridized carbons (Fsp3) is 0.188. The minimum absolute atomic E-state index is 0.0312. The van der Waals surface area contributed by atoms with E-state index in [4.69, 9.17) is 22.5 Å². The SMILES string of the molecule is Cc1cc(C)cc(N(C)c2ccc(Cl)cc2C(N)=NO)c1. The molecule has 0 bridgehead atoms. The van der Waals surface area contributed by atoms with Gasteiger partial charge in [0.15, 0.2) is 5.84 Å². The van der Waals surface area contributed by atoms with Gasteiger partial charge in [0, 0.05) is 23.3 Å². The van der Waals surface area contributed by atoms with Gasteiger partial charge in [-0.15, -0.1) is 0 Å². The molecule has 2 aromatic carbocycles. The second kappa shape index (κ2) is 6.06. The van der Waals surface area contributed by atoms with Crippen LogP contribution in [0.15, 0.2) is 41.6 Å². The van der Waals surface area contributed by atoms with Crippen LogP contribution in [0.4, 0.5) is 11.4 Å². The van der Waals surface area contributed by atoms with Gasteiger partial charge in [-0.25, -0.2) is 0 Å². The Bertz CT molecular complexity index is 678. The molecule has 0 unspecified atom stereocenters. The van der Waals surface area contributed by atoms with Crippen LogP contribution in [0.5, 0.6) is 0 Å². The molecule has 0 aliphatic carbocycles. The van der Waals surface area contributed by atoms with Crippen LogP contribution in [-0.4, -0.2) is 18.1 Å². The van der Waals surface area contributed by atoms with Crippen molar-refractivity contribution in [3.05, 3.63) is 58.1 Å². The first-order valence-corrected chi connectivity index (χ1v) is 6.89. The Morgan fingerprint density at radius 3 is 2.33 bits per heavy atom. The molecule has 0 aromatic heterocycles. The zero-order valence-electron chi connectivity index (χ0n) is 12.3. The highest BCUT2D eigenvalue weighted by molar-refractivity contribution is 6.31. The molecule has 2 aromatic rings. The van der Waals surface area contributed by atoms with E-state index in [0.29, 0.717) is 10.6 Å². The van der Waals surface area contributed by atoms with Crippen LogP contribution in [0.2, 0.25) is 5.02 Å². The van der Waals surface area contributed by atoms with Crippen LogP contribution in [0.1, 0.15) is 16.7 Å². The standard InChI is InChI=1S/C16H18ClN3O/c1-10-6-11(2)8-13(7-10)20(3)15-5-4-12(17)9-14(15)16(18)19-21/h4-9,21H,1-3H3,(H2,18,19). The van der Waals surface area contributed by atoms with Gasteiger partial charge in [-0.2, -0.15) is 0 Å². The summed E-state index contributed by atoms with van der Waals surface area (Å²) in [6, 6.07) is 11.6. The number of oxime groups is 1. The van der Waals surface area contributed by atoms with Crippen molar-refractivity contribution in [2.24, 2.45) is 10.9 Å². The Labute approximate surface area is 129 Å². The average molecular weight is 304 g/mol. The number of hydrogen-bond acceptors (Lipinski definition) is 3. The first kappa shape index (κ1) is 15.2. The summed E-state index contributed by atoms with van der Waals surface area (Å²) in [6.45, 7) is 4.10. The molecule has 0 aliphatic heterocycles. The van der Waals surface area contributed by atoms with Crippen LogP contribution in [0.25, 0.3) is 0 Å². The zero-order chi connectivity index (χ0) is 15.6. The number of halogens is 1. The molecule has 2 rings (SSSR count). The number of nitrogens with two attached hydrogens (primary N) is 1. The first-order valence-electron chi connectivity index (χ1n) is 6.52. The minimum Gasteiger partial charge on any atom is -0.409 e. The molecule has 110 valence electrons. The second-order valence-corrected chi connectivity index (χ2v) is 5.49. The number of hydrogen-bond donors (Lipinski definition) is 2. The topological polar surface area (TPSA) is 61.8 Å². The van der Waals surface area contributed by atoms with E-state index in [1.165, 1.54) is 11.1 Å². The Morgan fingerprint density at radius 1 is 1.14 bits per heavy atom. The summed E-state index contributed by atoms with van der Waals surface area (Å²) in [5, 5.41) is 12.6. The number of rotatable bonds is 3. The monoisotopic (exact) mass is 303 g/mol. The highest BCUT2D eigenvalue weighted by Crippen LogP contribution is 2.30. The molecule has 21 heavy (non-hydrogen) atoms. The minimum atomic E-state index is 0.0312. The van der Waals surface area contributed by atoms with Gasteiger partial charge in [0.25, 0.3) is 0 Å². The molecular formula is C16H18ClN3O. The van der Waals surface area contributed by atoms with Crippen LogP contribution in [0.3, 0.4) is 0 Å². The Kier molecular flexibility index (Phi) is 4.38. The molecule has 0 aliphatic rings. The summed E-state index contributed by atoms with van der Waals surface area (Å²) in [4.78, 5) is 1.99. The van der Waals surface area contributed by atoms with E-state index in [2.05, 4.69) is 37.2 Å². The normalized spacial score (nSPS) is 11.5. The van der Waals surface area contributed by atoms with Crippen molar-refractivity contribution in [2.75, 3.05) is 11.9 Å². The maximum Gasteiger partial charge on any atom is 0.172 e. The van der Waals surface area contributed by atoms with Crippen molar-refractivity contribution in [1.82, 2.24) is 0 Å². The Hall–Kier alpha value is -2.20. The highest BCUT2D eigenvalue weighted by Gasteiger charge is 2.13.